The molecule has 1 aliphatic carbocycles. The van der Waals surface area contributed by atoms with Gasteiger partial charge in [-0.25, -0.2) is 9.59 Å². The van der Waals surface area contributed by atoms with Gasteiger partial charge in [0.1, 0.15) is 18.2 Å². The zero-order valence-electron chi connectivity index (χ0n) is 19.7. The average molecular weight is 479 g/mol. The minimum atomic E-state index is -1.21. The van der Waals surface area contributed by atoms with E-state index in [2.05, 4.69) is 29.6 Å². The van der Waals surface area contributed by atoms with Crippen molar-refractivity contribution in [2.45, 2.75) is 43.7 Å². The van der Waals surface area contributed by atoms with E-state index < -0.39 is 23.7 Å². The third-order valence-electron chi connectivity index (χ3n) is 7.68. The molecule has 1 unspecified atom stereocenters. The summed E-state index contributed by atoms with van der Waals surface area (Å²) in [6, 6.07) is 16.3. The molecule has 35 heavy (non-hydrogen) atoms. The standard InChI is InChI=1S/C27H30N2O6/c1-27(25(31)32)12-6-13-29(27)24(30)23-17(11-14-34-23)15-28-26(33)35-16-22-20-9-4-2-7-18(20)19-8-3-5-10-21(19)22/h2-5,7-10,17,22-23H,6,11-16H2,1H3,(H,28,33)(H,31,32)/t17-,23-,27?/m0/s1. The molecule has 0 bridgehead atoms. The van der Waals surface area contributed by atoms with Crippen molar-refractivity contribution in [2.24, 2.45) is 5.92 Å². The molecule has 3 atom stereocenters. The number of carbonyl (C=O) groups is 3. The van der Waals surface area contributed by atoms with Gasteiger partial charge in [-0.15, -0.1) is 0 Å². The molecule has 2 fully saturated rings. The van der Waals surface area contributed by atoms with Gasteiger partial charge in [0, 0.05) is 31.5 Å². The van der Waals surface area contributed by atoms with E-state index >= 15 is 0 Å². The first-order chi connectivity index (χ1) is 16.9. The van der Waals surface area contributed by atoms with E-state index in [-0.39, 0.29) is 30.9 Å². The van der Waals surface area contributed by atoms with Crippen LogP contribution in [0.4, 0.5) is 4.79 Å². The lowest BCUT2D eigenvalue weighted by molar-refractivity contribution is -0.160. The third-order valence-corrected chi connectivity index (χ3v) is 7.68. The number of ether oxygens (including phenoxy) is 2. The Morgan fingerprint density at radius 1 is 1.11 bits per heavy atom. The van der Waals surface area contributed by atoms with Crippen molar-refractivity contribution in [3.05, 3.63) is 59.7 Å². The molecule has 2 heterocycles. The van der Waals surface area contributed by atoms with Crippen LogP contribution in [0.2, 0.25) is 0 Å². The number of carboxylic acid groups (broad SMARTS) is 1. The minimum Gasteiger partial charge on any atom is -0.480 e. The highest BCUT2D eigenvalue weighted by Crippen LogP contribution is 2.44. The normalized spacial score (nSPS) is 25.2. The summed E-state index contributed by atoms with van der Waals surface area (Å²) < 4.78 is 11.3. The SMILES string of the molecule is CC1(C(=O)O)CCCN1C(=O)[C@H]1OCC[C@H]1CNC(=O)OCC1c2ccccc2-c2ccccc21. The number of carbonyl (C=O) groups excluding carboxylic acids is 2. The van der Waals surface area contributed by atoms with Crippen LogP contribution >= 0.6 is 0 Å². The Kier molecular flexibility index (Phi) is 6.23. The van der Waals surface area contributed by atoms with Crippen molar-refractivity contribution >= 4 is 18.0 Å². The Balaban J connectivity index is 1.18. The maximum atomic E-state index is 13.1. The lowest BCUT2D eigenvalue weighted by Gasteiger charge is -2.34. The second kappa shape index (κ2) is 9.34. The zero-order valence-corrected chi connectivity index (χ0v) is 19.7. The van der Waals surface area contributed by atoms with E-state index in [9.17, 15) is 19.5 Å². The van der Waals surface area contributed by atoms with Crippen LogP contribution in [0.5, 0.6) is 0 Å². The number of rotatable bonds is 6. The third kappa shape index (κ3) is 4.16. The lowest BCUT2D eigenvalue weighted by atomic mass is 9.96. The molecule has 0 radical (unpaired) electrons. The molecule has 2 amide bonds. The monoisotopic (exact) mass is 478 g/mol. The summed E-state index contributed by atoms with van der Waals surface area (Å²) in [7, 11) is 0. The molecular weight excluding hydrogens is 448 g/mol. The number of alkyl carbamates (subject to hydrolysis) is 1. The topological polar surface area (TPSA) is 105 Å². The van der Waals surface area contributed by atoms with Crippen molar-refractivity contribution in [1.29, 1.82) is 0 Å². The van der Waals surface area contributed by atoms with Crippen molar-refractivity contribution in [3.8, 4) is 11.1 Å². The van der Waals surface area contributed by atoms with Crippen LogP contribution < -0.4 is 5.32 Å². The van der Waals surface area contributed by atoms with Gasteiger partial charge in [0.15, 0.2) is 0 Å². The van der Waals surface area contributed by atoms with Crippen LogP contribution in [0.15, 0.2) is 48.5 Å². The Morgan fingerprint density at radius 3 is 2.43 bits per heavy atom. The average Bonchev–Trinajstić information content (AvgIpc) is 3.57. The van der Waals surface area contributed by atoms with Crippen LogP contribution in [0.25, 0.3) is 11.1 Å². The van der Waals surface area contributed by atoms with Crippen molar-refractivity contribution < 1.29 is 29.0 Å². The smallest absolute Gasteiger partial charge is 0.407 e. The number of nitrogens with one attached hydrogen (secondary N) is 1. The first-order valence-corrected chi connectivity index (χ1v) is 12.2. The number of hydrogen-bond donors (Lipinski definition) is 2. The molecule has 2 aromatic carbocycles. The maximum Gasteiger partial charge on any atom is 0.407 e. The zero-order chi connectivity index (χ0) is 24.6. The summed E-state index contributed by atoms with van der Waals surface area (Å²) in [5.41, 5.74) is 3.40. The van der Waals surface area contributed by atoms with E-state index in [1.54, 1.807) is 6.92 Å². The van der Waals surface area contributed by atoms with Crippen LogP contribution in [0.1, 0.15) is 43.2 Å². The number of benzene rings is 2. The second-order valence-electron chi connectivity index (χ2n) is 9.72. The van der Waals surface area contributed by atoms with E-state index in [0.717, 1.165) is 22.3 Å². The van der Waals surface area contributed by atoms with E-state index in [0.29, 0.717) is 32.4 Å². The van der Waals surface area contributed by atoms with Crippen LogP contribution in [0, 0.1) is 5.92 Å². The van der Waals surface area contributed by atoms with Gasteiger partial charge >= 0.3 is 12.1 Å². The Hall–Kier alpha value is -3.39. The molecule has 184 valence electrons. The highest BCUT2D eigenvalue weighted by atomic mass is 16.5. The van der Waals surface area contributed by atoms with Gasteiger partial charge < -0.3 is 24.8 Å². The first kappa shape index (κ1) is 23.4. The molecule has 2 aromatic rings. The van der Waals surface area contributed by atoms with Crippen molar-refractivity contribution in [2.75, 3.05) is 26.3 Å². The molecular formula is C27H30N2O6. The first-order valence-electron chi connectivity index (χ1n) is 12.2. The van der Waals surface area contributed by atoms with Crippen LogP contribution in [-0.2, 0) is 19.1 Å². The van der Waals surface area contributed by atoms with Crippen LogP contribution in [-0.4, -0.2) is 65.9 Å². The number of aliphatic carboxylic acids is 1. The van der Waals surface area contributed by atoms with Gasteiger partial charge in [-0.3, -0.25) is 4.79 Å². The molecule has 3 aliphatic rings. The number of nitrogens with zero attached hydrogens (tertiary/aromatic N) is 1. The summed E-state index contributed by atoms with van der Waals surface area (Å²) in [6.45, 7) is 2.82. The Labute approximate surface area is 204 Å². The lowest BCUT2D eigenvalue weighted by Crippen LogP contribution is -2.55. The number of fused-ring (bicyclic) bond motifs is 3. The molecule has 0 aromatic heterocycles. The predicted octanol–water partition coefficient (Wildman–Crippen LogP) is 3.40. The van der Waals surface area contributed by atoms with Crippen molar-refractivity contribution in [3.63, 3.8) is 0 Å². The Bertz CT molecular complexity index is 1100. The number of carboxylic acids is 1. The molecule has 2 saturated heterocycles. The van der Waals surface area contributed by atoms with E-state index in [1.165, 1.54) is 4.90 Å². The van der Waals surface area contributed by atoms with E-state index in [1.807, 2.05) is 24.3 Å². The van der Waals surface area contributed by atoms with Gasteiger partial charge in [-0.05, 0) is 48.4 Å². The van der Waals surface area contributed by atoms with Gasteiger partial charge in [-0.1, -0.05) is 48.5 Å². The fourth-order valence-corrected chi connectivity index (χ4v) is 5.67. The maximum absolute atomic E-state index is 13.1. The molecule has 5 rings (SSSR count). The number of hydrogen-bond acceptors (Lipinski definition) is 5. The largest absolute Gasteiger partial charge is 0.480 e. The Morgan fingerprint density at radius 2 is 1.77 bits per heavy atom. The summed E-state index contributed by atoms with van der Waals surface area (Å²) in [6.07, 6.45) is 0.368. The van der Waals surface area contributed by atoms with Gasteiger partial charge in [-0.2, -0.15) is 0 Å². The molecule has 2 aliphatic heterocycles. The summed E-state index contributed by atoms with van der Waals surface area (Å²) in [5.74, 6) is -1.58. The summed E-state index contributed by atoms with van der Waals surface area (Å²) in [4.78, 5) is 38.9. The number of likely N-dealkylation sites (tertiary alicyclic amines) is 1. The molecule has 2 N–H and O–H groups in total. The van der Waals surface area contributed by atoms with Crippen LogP contribution in [0.3, 0.4) is 0 Å². The number of amides is 2. The second-order valence-corrected chi connectivity index (χ2v) is 9.72. The molecule has 8 nitrogen and oxygen atoms in total. The predicted molar refractivity (Wildman–Crippen MR) is 128 cm³/mol. The highest BCUT2D eigenvalue weighted by molar-refractivity contribution is 5.90. The van der Waals surface area contributed by atoms with E-state index in [4.69, 9.17) is 9.47 Å². The molecule has 8 heteroatoms. The minimum absolute atomic E-state index is 0.0267. The fraction of sp³-hybridized carbons (Fsp3) is 0.444. The van der Waals surface area contributed by atoms with Crippen molar-refractivity contribution in [1.82, 2.24) is 10.2 Å². The van der Waals surface area contributed by atoms with Gasteiger partial charge in [0.05, 0.1) is 0 Å². The quantitative estimate of drug-likeness (QED) is 0.659. The summed E-state index contributed by atoms with van der Waals surface area (Å²) >= 11 is 0. The molecule has 0 spiro atoms. The summed E-state index contributed by atoms with van der Waals surface area (Å²) in [5, 5.41) is 12.4. The fourth-order valence-electron chi connectivity index (χ4n) is 5.67. The molecule has 0 saturated carbocycles. The van der Waals surface area contributed by atoms with Gasteiger partial charge in [0.25, 0.3) is 5.91 Å². The van der Waals surface area contributed by atoms with Gasteiger partial charge in [0.2, 0.25) is 0 Å². The highest BCUT2D eigenvalue weighted by Gasteiger charge is 2.49.